The summed E-state index contributed by atoms with van der Waals surface area (Å²) in [6, 6.07) is 7.42. The van der Waals surface area contributed by atoms with Crippen molar-refractivity contribution in [3.05, 3.63) is 48.7 Å². The van der Waals surface area contributed by atoms with Crippen LogP contribution >= 0.6 is 0 Å². The van der Waals surface area contributed by atoms with Gasteiger partial charge in [-0.15, -0.1) is 10.2 Å². The summed E-state index contributed by atoms with van der Waals surface area (Å²) in [5.41, 5.74) is 1.51. The van der Waals surface area contributed by atoms with E-state index in [2.05, 4.69) is 25.5 Å². The summed E-state index contributed by atoms with van der Waals surface area (Å²) in [6.07, 6.45) is 5.48. The van der Waals surface area contributed by atoms with E-state index in [0.717, 1.165) is 11.5 Å². The molecule has 1 aliphatic carbocycles. The van der Waals surface area contributed by atoms with Crippen molar-refractivity contribution in [3.8, 4) is 23.0 Å². The van der Waals surface area contributed by atoms with Crippen LogP contribution in [0.4, 0.5) is 4.79 Å². The molecule has 0 saturated heterocycles. The van der Waals surface area contributed by atoms with E-state index in [4.69, 9.17) is 9.84 Å². The quantitative estimate of drug-likeness (QED) is 0.675. The van der Waals surface area contributed by atoms with E-state index in [9.17, 15) is 4.79 Å². The fourth-order valence-electron chi connectivity index (χ4n) is 3.35. The minimum Gasteiger partial charge on any atom is -0.492 e. The Morgan fingerprint density at radius 3 is 2.79 bits per heavy atom. The van der Waals surface area contributed by atoms with Gasteiger partial charge in [0.15, 0.2) is 5.82 Å². The van der Waals surface area contributed by atoms with E-state index >= 15 is 0 Å². The first-order valence-corrected chi connectivity index (χ1v) is 9.10. The van der Waals surface area contributed by atoms with Crippen molar-refractivity contribution in [2.24, 2.45) is 0 Å². The minimum absolute atomic E-state index is 0.0615. The van der Waals surface area contributed by atoms with Gasteiger partial charge >= 0.3 is 6.09 Å². The third-order valence-electron chi connectivity index (χ3n) is 4.70. The standard InChI is InChI=1S/C19H20N6O3/c1-2-28-15-5-6-16(21-11-15)18-24-23-17(12-8-13(9-12)22-19(26)27)25(18)14-4-3-7-20-10-14/h3-7,10-13,22H,2,8-9H2,1H3,(H,26,27)/t12-,13-. The number of carboxylic acid groups (broad SMARTS) is 1. The molecule has 9 heteroatoms. The average molecular weight is 380 g/mol. The van der Waals surface area contributed by atoms with E-state index < -0.39 is 6.09 Å². The second-order valence-corrected chi connectivity index (χ2v) is 6.56. The molecule has 1 saturated carbocycles. The molecule has 0 atom stereocenters. The molecule has 0 radical (unpaired) electrons. The van der Waals surface area contributed by atoms with E-state index in [0.29, 0.717) is 36.7 Å². The highest BCUT2D eigenvalue weighted by molar-refractivity contribution is 5.65. The molecular weight excluding hydrogens is 360 g/mol. The fourth-order valence-corrected chi connectivity index (χ4v) is 3.35. The van der Waals surface area contributed by atoms with Crippen LogP contribution in [-0.2, 0) is 0 Å². The Morgan fingerprint density at radius 2 is 2.14 bits per heavy atom. The van der Waals surface area contributed by atoms with Gasteiger partial charge in [0.25, 0.3) is 0 Å². The third kappa shape index (κ3) is 3.51. The molecule has 28 heavy (non-hydrogen) atoms. The SMILES string of the molecule is CCOc1ccc(-c2nnc([C@H]3C[C@H](NC(=O)O)C3)n2-c2cccnc2)nc1. The van der Waals surface area contributed by atoms with Crippen LogP contribution in [0, 0.1) is 0 Å². The Hall–Kier alpha value is -3.49. The second kappa shape index (κ2) is 7.63. The van der Waals surface area contributed by atoms with Crippen molar-refractivity contribution in [1.82, 2.24) is 30.0 Å². The second-order valence-electron chi connectivity index (χ2n) is 6.56. The summed E-state index contributed by atoms with van der Waals surface area (Å²) < 4.78 is 7.40. The number of nitrogens with zero attached hydrogens (tertiary/aromatic N) is 5. The molecule has 4 rings (SSSR count). The smallest absolute Gasteiger partial charge is 0.404 e. The summed E-state index contributed by atoms with van der Waals surface area (Å²) in [6.45, 7) is 2.49. The normalized spacial score (nSPS) is 18.3. The summed E-state index contributed by atoms with van der Waals surface area (Å²) >= 11 is 0. The van der Waals surface area contributed by atoms with E-state index in [1.807, 2.05) is 35.8 Å². The van der Waals surface area contributed by atoms with Crippen molar-refractivity contribution < 1.29 is 14.6 Å². The Kier molecular flexibility index (Phi) is 4.88. The lowest BCUT2D eigenvalue weighted by Crippen LogP contribution is -2.43. The monoisotopic (exact) mass is 380 g/mol. The Morgan fingerprint density at radius 1 is 1.29 bits per heavy atom. The minimum atomic E-state index is -1.00. The molecule has 1 aliphatic rings. The number of pyridine rings is 2. The molecule has 0 bridgehead atoms. The van der Waals surface area contributed by atoms with Crippen LogP contribution in [0.25, 0.3) is 17.2 Å². The number of hydrogen-bond donors (Lipinski definition) is 2. The third-order valence-corrected chi connectivity index (χ3v) is 4.70. The van der Waals surface area contributed by atoms with Gasteiger partial charge in [-0.3, -0.25) is 9.55 Å². The molecule has 3 aromatic rings. The van der Waals surface area contributed by atoms with Gasteiger partial charge in [0.2, 0.25) is 0 Å². The molecule has 2 N–H and O–H groups in total. The highest BCUT2D eigenvalue weighted by Gasteiger charge is 2.36. The first kappa shape index (κ1) is 17.9. The molecule has 144 valence electrons. The van der Waals surface area contributed by atoms with E-state index in [1.54, 1.807) is 18.6 Å². The lowest BCUT2D eigenvalue weighted by molar-refractivity contribution is 0.176. The van der Waals surface area contributed by atoms with Crippen molar-refractivity contribution in [2.45, 2.75) is 31.7 Å². The van der Waals surface area contributed by atoms with Gasteiger partial charge in [-0.05, 0) is 44.0 Å². The van der Waals surface area contributed by atoms with Crippen molar-refractivity contribution in [3.63, 3.8) is 0 Å². The molecule has 0 spiro atoms. The first-order valence-electron chi connectivity index (χ1n) is 9.10. The Labute approximate surface area is 161 Å². The number of carbonyl (C=O) groups is 1. The zero-order valence-corrected chi connectivity index (χ0v) is 15.3. The Bertz CT molecular complexity index is 952. The summed E-state index contributed by atoms with van der Waals surface area (Å²) in [4.78, 5) is 19.5. The Balaban J connectivity index is 1.68. The largest absolute Gasteiger partial charge is 0.492 e. The van der Waals surface area contributed by atoms with Gasteiger partial charge < -0.3 is 15.2 Å². The zero-order valence-electron chi connectivity index (χ0n) is 15.3. The molecule has 3 aromatic heterocycles. The van der Waals surface area contributed by atoms with Gasteiger partial charge in [0.1, 0.15) is 17.3 Å². The molecular formula is C19H20N6O3. The van der Waals surface area contributed by atoms with Crippen LogP contribution in [0.2, 0.25) is 0 Å². The molecule has 3 heterocycles. The summed E-state index contributed by atoms with van der Waals surface area (Å²) in [7, 11) is 0. The number of nitrogens with one attached hydrogen (secondary N) is 1. The van der Waals surface area contributed by atoms with Crippen LogP contribution in [0.15, 0.2) is 42.9 Å². The van der Waals surface area contributed by atoms with Gasteiger partial charge in [-0.1, -0.05) is 0 Å². The maximum Gasteiger partial charge on any atom is 0.404 e. The van der Waals surface area contributed by atoms with Gasteiger partial charge in [0.05, 0.1) is 24.7 Å². The van der Waals surface area contributed by atoms with Gasteiger partial charge in [0, 0.05) is 18.2 Å². The molecule has 0 unspecified atom stereocenters. The molecule has 9 nitrogen and oxygen atoms in total. The van der Waals surface area contributed by atoms with Crippen LogP contribution < -0.4 is 10.1 Å². The predicted octanol–water partition coefficient (Wildman–Crippen LogP) is 2.64. The summed E-state index contributed by atoms with van der Waals surface area (Å²) in [5.74, 6) is 2.20. The van der Waals surface area contributed by atoms with Crippen LogP contribution in [0.1, 0.15) is 31.5 Å². The van der Waals surface area contributed by atoms with Crippen LogP contribution in [-0.4, -0.2) is 48.6 Å². The lowest BCUT2D eigenvalue weighted by Gasteiger charge is -2.34. The predicted molar refractivity (Wildman–Crippen MR) is 100 cm³/mol. The molecule has 0 aliphatic heterocycles. The topological polar surface area (TPSA) is 115 Å². The highest BCUT2D eigenvalue weighted by Crippen LogP contribution is 2.38. The summed E-state index contributed by atoms with van der Waals surface area (Å²) in [5, 5.41) is 20.2. The van der Waals surface area contributed by atoms with Crippen molar-refractivity contribution in [2.75, 3.05) is 6.61 Å². The number of ether oxygens (including phenoxy) is 1. The highest BCUT2D eigenvalue weighted by atomic mass is 16.5. The number of amides is 1. The van der Waals surface area contributed by atoms with E-state index in [-0.39, 0.29) is 12.0 Å². The number of aromatic nitrogens is 5. The van der Waals surface area contributed by atoms with Gasteiger partial charge in [-0.25, -0.2) is 9.78 Å². The van der Waals surface area contributed by atoms with Crippen molar-refractivity contribution in [1.29, 1.82) is 0 Å². The van der Waals surface area contributed by atoms with E-state index in [1.165, 1.54) is 0 Å². The van der Waals surface area contributed by atoms with Crippen LogP contribution in [0.5, 0.6) is 5.75 Å². The van der Waals surface area contributed by atoms with Gasteiger partial charge in [-0.2, -0.15) is 0 Å². The zero-order chi connectivity index (χ0) is 19.5. The molecule has 0 aromatic carbocycles. The molecule has 1 amide bonds. The fraction of sp³-hybridized carbons (Fsp3) is 0.316. The maximum absolute atomic E-state index is 10.8. The molecule has 1 fully saturated rings. The first-order chi connectivity index (χ1) is 13.7. The van der Waals surface area contributed by atoms with Crippen LogP contribution in [0.3, 0.4) is 0 Å². The number of rotatable bonds is 6. The average Bonchev–Trinajstić information content (AvgIpc) is 3.10. The lowest BCUT2D eigenvalue weighted by atomic mass is 9.79. The maximum atomic E-state index is 10.8. The van der Waals surface area contributed by atoms with Crippen molar-refractivity contribution >= 4 is 6.09 Å². The number of hydrogen-bond acceptors (Lipinski definition) is 6.